The Morgan fingerprint density at radius 1 is 1.04 bits per heavy atom. The van der Waals surface area contributed by atoms with Crippen molar-refractivity contribution in [2.75, 3.05) is 5.32 Å². The summed E-state index contributed by atoms with van der Waals surface area (Å²) >= 11 is 1.21. The first-order chi connectivity index (χ1) is 11.4. The van der Waals surface area contributed by atoms with E-state index in [4.69, 9.17) is 0 Å². The summed E-state index contributed by atoms with van der Waals surface area (Å²) in [4.78, 5) is 17.3. The highest BCUT2D eigenvalue weighted by Gasteiger charge is 2.30. The van der Waals surface area contributed by atoms with Gasteiger partial charge < -0.3 is 5.32 Å². The van der Waals surface area contributed by atoms with Gasteiger partial charge in [-0.15, -0.1) is 11.3 Å². The molecule has 1 N–H and O–H groups in total. The molecule has 24 heavy (non-hydrogen) atoms. The maximum Gasteiger partial charge on any atom is 0.416 e. The molecule has 0 bridgehead atoms. The van der Waals surface area contributed by atoms with Crippen LogP contribution in [0.5, 0.6) is 0 Å². The van der Waals surface area contributed by atoms with Crippen LogP contribution in [-0.2, 0) is 6.18 Å². The molecule has 0 aliphatic rings. The van der Waals surface area contributed by atoms with Crippen molar-refractivity contribution in [3.05, 3.63) is 71.4 Å². The number of nitrogens with one attached hydrogen (secondary N) is 1. The number of alkyl halides is 3. The van der Waals surface area contributed by atoms with Crippen molar-refractivity contribution in [3.8, 4) is 10.4 Å². The van der Waals surface area contributed by atoms with Gasteiger partial charge in [0.15, 0.2) is 0 Å². The number of benzene rings is 1. The van der Waals surface area contributed by atoms with Gasteiger partial charge in [-0.05, 0) is 42.0 Å². The van der Waals surface area contributed by atoms with Crippen LogP contribution >= 0.6 is 11.3 Å². The summed E-state index contributed by atoms with van der Waals surface area (Å²) in [5.41, 5.74) is 0.512. The minimum atomic E-state index is -4.36. The highest BCUT2D eigenvalue weighted by molar-refractivity contribution is 7.17. The van der Waals surface area contributed by atoms with Crippen molar-refractivity contribution in [3.63, 3.8) is 0 Å². The molecule has 0 saturated carbocycles. The summed E-state index contributed by atoms with van der Waals surface area (Å²) in [5, 5.41) is 2.71. The summed E-state index contributed by atoms with van der Waals surface area (Å²) in [6.45, 7) is 0. The number of nitrogens with zero attached hydrogens (tertiary/aromatic N) is 1. The Balaban J connectivity index is 1.77. The maximum atomic E-state index is 12.6. The molecule has 0 radical (unpaired) electrons. The third-order valence-electron chi connectivity index (χ3n) is 3.25. The second-order valence-electron chi connectivity index (χ2n) is 4.93. The maximum absolute atomic E-state index is 12.6. The van der Waals surface area contributed by atoms with E-state index in [1.807, 2.05) is 0 Å². The molecular formula is C17H11F3N2OS. The fourth-order valence-electron chi connectivity index (χ4n) is 2.07. The summed E-state index contributed by atoms with van der Waals surface area (Å²) in [5.74, 6) is -0.286. The number of anilines is 1. The fourth-order valence-corrected chi connectivity index (χ4v) is 2.97. The zero-order chi connectivity index (χ0) is 17.2. The molecule has 1 amide bonds. The Morgan fingerprint density at radius 2 is 1.79 bits per heavy atom. The smallest absolute Gasteiger partial charge is 0.320 e. The fraction of sp³-hybridized carbons (Fsp3) is 0.0588. The molecule has 0 aliphatic carbocycles. The van der Waals surface area contributed by atoms with E-state index < -0.39 is 11.7 Å². The second-order valence-corrected chi connectivity index (χ2v) is 6.02. The van der Waals surface area contributed by atoms with Gasteiger partial charge in [0.05, 0.1) is 22.3 Å². The number of hydrogen-bond donors (Lipinski definition) is 1. The molecule has 7 heteroatoms. The molecule has 2 aromatic heterocycles. The van der Waals surface area contributed by atoms with E-state index in [2.05, 4.69) is 10.3 Å². The first-order valence-corrected chi connectivity index (χ1v) is 7.74. The van der Waals surface area contributed by atoms with Gasteiger partial charge in [-0.3, -0.25) is 9.78 Å². The van der Waals surface area contributed by atoms with E-state index in [-0.39, 0.29) is 5.91 Å². The standard InChI is InChI=1S/C17H11F3N2OS/c18-17(19,20)12-5-3-11(4-6-12)14-7-8-15(24-14)16(23)22-13-2-1-9-21-10-13/h1-10H,(H,22,23). The van der Waals surface area contributed by atoms with Gasteiger partial charge in [0, 0.05) is 11.1 Å². The van der Waals surface area contributed by atoms with Crippen LogP contribution in [0.25, 0.3) is 10.4 Å². The van der Waals surface area contributed by atoms with Crippen LogP contribution in [0.4, 0.5) is 18.9 Å². The summed E-state index contributed by atoms with van der Waals surface area (Å²) < 4.78 is 37.8. The van der Waals surface area contributed by atoms with E-state index >= 15 is 0 Å². The molecule has 2 heterocycles. The molecule has 0 atom stereocenters. The number of thiophene rings is 1. The van der Waals surface area contributed by atoms with E-state index in [9.17, 15) is 18.0 Å². The van der Waals surface area contributed by atoms with Crippen LogP contribution in [0, 0.1) is 0 Å². The van der Waals surface area contributed by atoms with Gasteiger partial charge in [-0.2, -0.15) is 13.2 Å². The number of pyridine rings is 1. The van der Waals surface area contributed by atoms with Gasteiger partial charge in [0.1, 0.15) is 0 Å². The number of aromatic nitrogens is 1. The molecule has 1 aromatic carbocycles. The molecule has 0 saturated heterocycles. The molecule has 3 nitrogen and oxygen atoms in total. The lowest BCUT2D eigenvalue weighted by Gasteiger charge is -2.06. The van der Waals surface area contributed by atoms with Gasteiger partial charge >= 0.3 is 6.18 Å². The van der Waals surface area contributed by atoms with Crippen LogP contribution in [0.15, 0.2) is 60.9 Å². The minimum Gasteiger partial charge on any atom is -0.320 e. The zero-order valence-corrected chi connectivity index (χ0v) is 13.0. The predicted molar refractivity (Wildman–Crippen MR) is 86.9 cm³/mol. The molecule has 0 spiro atoms. The molecule has 3 aromatic rings. The Hall–Kier alpha value is -2.67. The molecular weight excluding hydrogens is 337 g/mol. The third kappa shape index (κ3) is 3.62. The van der Waals surface area contributed by atoms with Crippen LogP contribution in [0.2, 0.25) is 0 Å². The van der Waals surface area contributed by atoms with E-state index in [0.717, 1.165) is 17.0 Å². The van der Waals surface area contributed by atoms with Crippen molar-refractivity contribution < 1.29 is 18.0 Å². The van der Waals surface area contributed by atoms with Gasteiger partial charge in [0.2, 0.25) is 0 Å². The third-order valence-corrected chi connectivity index (χ3v) is 4.38. The van der Waals surface area contributed by atoms with Crippen molar-refractivity contribution in [1.82, 2.24) is 4.98 Å². The largest absolute Gasteiger partial charge is 0.416 e. The Morgan fingerprint density at radius 3 is 2.42 bits per heavy atom. The van der Waals surface area contributed by atoms with Crippen molar-refractivity contribution in [2.24, 2.45) is 0 Å². The number of hydrogen-bond acceptors (Lipinski definition) is 3. The second kappa shape index (κ2) is 6.45. The average Bonchev–Trinajstić information content (AvgIpc) is 3.05. The molecule has 0 aliphatic heterocycles. The SMILES string of the molecule is O=C(Nc1cccnc1)c1ccc(-c2ccc(C(F)(F)F)cc2)s1. The van der Waals surface area contributed by atoms with E-state index in [1.165, 1.54) is 29.7 Å². The zero-order valence-electron chi connectivity index (χ0n) is 12.2. The molecule has 0 unspecified atom stereocenters. The highest BCUT2D eigenvalue weighted by Crippen LogP contribution is 2.33. The lowest BCUT2D eigenvalue weighted by Crippen LogP contribution is -2.09. The van der Waals surface area contributed by atoms with Crippen LogP contribution in [-0.4, -0.2) is 10.9 Å². The number of carbonyl (C=O) groups is 1. The van der Waals surface area contributed by atoms with Gasteiger partial charge in [-0.1, -0.05) is 12.1 Å². The van der Waals surface area contributed by atoms with Crippen LogP contribution < -0.4 is 5.32 Å². The lowest BCUT2D eigenvalue weighted by atomic mass is 10.1. The topological polar surface area (TPSA) is 42.0 Å². The van der Waals surface area contributed by atoms with Crippen LogP contribution in [0.3, 0.4) is 0 Å². The first kappa shape index (κ1) is 16.2. The Labute approximate surface area is 139 Å². The summed E-state index contributed by atoms with van der Waals surface area (Å²) in [7, 11) is 0. The molecule has 0 fully saturated rings. The first-order valence-electron chi connectivity index (χ1n) is 6.92. The van der Waals surface area contributed by atoms with Crippen molar-refractivity contribution in [1.29, 1.82) is 0 Å². The van der Waals surface area contributed by atoms with Crippen molar-refractivity contribution >= 4 is 22.9 Å². The average molecular weight is 348 g/mol. The Bertz CT molecular complexity index is 842. The quantitative estimate of drug-likeness (QED) is 0.717. The number of rotatable bonds is 3. The predicted octanol–water partition coefficient (Wildman–Crippen LogP) is 5.08. The number of carbonyl (C=O) groups excluding carboxylic acids is 1. The molecule has 3 rings (SSSR count). The minimum absolute atomic E-state index is 0.286. The lowest BCUT2D eigenvalue weighted by molar-refractivity contribution is -0.137. The highest BCUT2D eigenvalue weighted by atomic mass is 32.1. The Kier molecular flexibility index (Phi) is 4.35. The number of halogens is 3. The van der Waals surface area contributed by atoms with E-state index in [0.29, 0.717) is 16.1 Å². The summed E-state index contributed by atoms with van der Waals surface area (Å²) in [6, 6.07) is 11.6. The van der Waals surface area contributed by atoms with Gasteiger partial charge in [-0.25, -0.2) is 0 Å². The summed E-state index contributed by atoms with van der Waals surface area (Å²) in [6.07, 6.45) is -1.23. The number of amides is 1. The monoisotopic (exact) mass is 348 g/mol. The van der Waals surface area contributed by atoms with Crippen LogP contribution in [0.1, 0.15) is 15.2 Å². The normalized spacial score (nSPS) is 11.3. The van der Waals surface area contributed by atoms with E-state index in [1.54, 1.807) is 30.5 Å². The van der Waals surface area contributed by atoms with Gasteiger partial charge in [0.25, 0.3) is 5.91 Å². The van der Waals surface area contributed by atoms with Crippen molar-refractivity contribution in [2.45, 2.75) is 6.18 Å². The molecule has 122 valence electrons.